The van der Waals surface area contributed by atoms with Crippen LogP contribution < -0.4 is 61.3 Å². The number of aliphatic carboxylic acids is 7. The molecule has 0 aliphatic heterocycles. The van der Waals surface area contributed by atoms with Crippen molar-refractivity contribution in [1.29, 1.82) is 0 Å². The van der Waals surface area contributed by atoms with Crippen LogP contribution in [0.5, 0.6) is 5.75 Å². The van der Waals surface area contributed by atoms with Gasteiger partial charge in [0, 0.05) is 108 Å². The first-order chi connectivity index (χ1) is 53.7. The van der Waals surface area contributed by atoms with Gasteiger partial charge in [-0.3, -0.25) is 23.6 Å². The summed E-state index contributed by atoms with van der Waals surface area (Å²) in [6.07, 6.45) is 2.37. The molecule has 1 aromatic carbocycles. The van der Waals surface area contributed by atoms with Crippen LogP contribution in [-0.2, 0) is 86.2 Å². The molecule has 45 heteroatoms. The maximum absolute atomic E-state index is 11.9. The average molecular weight is 1710 g/mol. The predicted molar refractivity (Wildman–Crippen MR) is 383 cm³/mol. The predicted octanol–water partition coefficient (Wildman–Crippen LogP) is -12.7. The molecule has 0 spiro atoms. The van der Waals surface area contributed by atoms with Crippen LogP contribution in [0.4, 0.5) is 0 Å². The van der Waals surface area contributed by atoms with Crippen molar-refractivity contribution in [3.63, 3.8) is 0 Å². The summed E-state index contributed by atoms with van der Waals surface area (Å²) in [5.74, 6) is -14.5. The van der Waals surface area contributed by atoms with Crippen molar-refractivity contribution in [2.45, 2.75) is 200 Å². The fourth-order valence-electron chi connectivity index (χ4n) is 7.67. The van der Waals surface area contributed by atoms with Crippen molar-refractivity contribution in [3.05, 3.63) is 29.3 Å². The number of hydrogen-bond donors (Lipinski definition) is 10. The van der Waals surface area contributed by atoms with Crippen molar-refractivity contribution in [2.24, 2.45) is 0 Å². The van der Waals surface area contributed by atoms with E-state index < -0.39 is 170 Å². The van der Waals surface area contributed by atoms with E-state index in [2.05, 4.69) is 9.50 Å². The zero-order chi connectivity index (χ0) is 88.4. The molecule has 0 fully saturated rings. The van der Waals surface area contributed by atoms with Gasteiger partial charge in [0.1, 0.15) is 55.1 Å². The average Bonchev–Trinajstić information content (AvgIpc) is 0.849. The molecule has 8 unspecified atom stereocenters. The number of benzene rings is 1. The summed E-state index contributed by atoms with van der Waals surface area (Å²) in [6, 6.07) is 1.86. The maximum atomic E-state index is 11.9. The number of nitrogens with one attached hydrogen (secondary N) is 2. The number of carboxylic acids is 9. The molecule has 8 atom stereocenters. The van der Waals surface area contributed by atoms with Crippen LogP contribution in [-0.4, -0.2) is 361 Å². The number of aliphatic hydroxyl groups excluding tert-OH is 8. The molecule has 0 bridgehead atoms. The minimum atomic E-state index is -4.45. The number of carbonyl (C=O) groups excluding carboxylic acids is 11. The van der Waals surface area contributed by atoms with Gasteiger partial charge in [-0.05, 0) is 63.1 Å². The Kier molecular flexibility index (Phi) is 86.3. The number of ether oxygens (including phenoxy) is 7. The molecule has 0 saturated heterocycles. The van der Waals surface area contributed by atoms with E-state index in [0.29, 0.717) is 52.7 Å². The molecule has 43 nitrogen and oxygen atoms in total. The Balaban J connectivity index is -0.000000241. The molecule has 0 saturated carbocycles. The quantitative estimate of drug-likeness (QED) is 0.0125. The monoisotopic (exact) mass is 1710 g/mol. The van der Waals surface area contributed by atoms with Gasteiger partial charge in [-0.25, -0.2) is 8.42 Å². The number of aliphatic hydroxyl groups is 8. The first-order valence-electron chi connectivity index (χ1n) is 36.7. The smallest absolute Gasteiger partial charge is 0.726 e. The summed E-state index contributed by atoms with van der Waals surface area (Å²) in [6.45, 7) is 13.0. The zero-order valence-electron chi connectivity index (χ0n) is 66.5. The third kappa shape index (κ3) is 81.2. The molecular weight excluding hydrogens is 1590 g/mol. The number of carbonyl (C=O) groups is 11. The number of rotatable bonds is 62. The molecule has 0 heterocycles. The summed E-state index contributed by atoms with van der Waals surface area (Å²) < 4.78 is 68.7. The van der Waals surface area contributed by atoms with Crippen molar-refractivity contribution in [1.82, 2.24) is 20.4 Å². The fraction of sp³-hybridized carbons (Fsp3) is 0.757. The van der Waals surface area contributed by atoms with E-state index >= 15 is 0 Å². The molecule has 1 rings (SSSR count). The van der Waals surface area contributed by atoms with Crippen LogP contribution in [0.25, 0.3) is 0 Å². The van der Waals surface area contributed by atoms with Crippen LogP contribution in [0, 0.1) is 0 Å². The van der Waals surface area contributed by atoms with E-state index in [1.54, 1.807) is 0 Å². The van der Waals surface area contributed by atoms with Gasteiger partial charge in [0.2, 0.25) is 22.2 Å². The number of amides is 2. The molecule has 0 radical (unpaired) electrons. The van der Waals surface area contributed by atoms with E-state index in [9.17, 15) is 127 Å². The zero-order valence-corrected chi connectivity index (χ0v) is 69.5. The third-order valence-corrected chi connectivity index (χ3v) is 14.3. The molecule has 10 N–H and O–H groups in total. The van der Waals surface area contributed by atoms with Crippen LogP contribution >= 0.6 is 0 Å². The second-order valence-corrected chi connectivity index (χ2v) is 25.0. The Morgan fingerprint density at radius 1 is 0.443 bits per heavy atom. The Morgan fingerprint density at radius 2 is 0.861 bits per heavy atom. The molecule has 0 aliphatic carbocycles. The fourth-order valence-corrected chi connectivity index (χ4v) is 7.99. The van der Waals surface area contributed by atoms with Gasteiger partial charge in [-0.1, -0.05) is 93.4 Å². The van der Waals surface area contributed by atoms with Crippen LogP contribution in [0.15, 0.2) is 18.2 Å². The van der Waals surface area contributed by atoms with E-state index in [1.807, 2.05) is 53.8 Å². The molecule has 2 amide bonds. The summed E-state index contributed by atoms with van der Waals surface area (Å²) in [5.41, 5.74) is -0.476. The van der Waals surface area contributed by atoms with Crippen molar-refractivity contribution in [3.8, 4) is 5.75 Å². The number of aromatic carboxylic acids is 2. The molecule has 1 aromatic rings. The second-order valence-electron chi connectivity index (χ2n) is 24.0. The summed E-state index contributed by atoms with van der Waals surface area (Å²) in [7, 11) is -4.45. The Morgan fingerprint density at radius 3 is 1.26 bits per heavy atom. The van der Waals surface area contributed by atoms with Gasteiger partial charge in [0.05, 0.1) is 114 Å². The number of unbranched alkanes of at least 4 members (excludes halogenated alkanes) is 7. The van der Waals surface area contributed by atoms with Gasteiger partial charge in [0.25, 0.3) is 0 Å². The standard InChI is InChI=1S/C16H29N3O8.C12H14O5.C10H17NO6.C10H22O6.C10H18O6.C8H18O4.C4H10O4S.Ca/c1-2-3-7-27-8-4-17-13(20)9-18(10-14(21)22)5-6-19(11-15(23)24)12-16(25)26;1-2-3-4-17-10-6-8(11(13)14)5-9(7-10)12(15)16;1-2-3-4-17-6-8(12)11-7(10(15)16)5-9(13)14;1-2-3-4-16-10(8(14)6-12)9(15)7(13)5-11;1-2-3-4-15-5-6-16-8(10(13)14)7-9(11)12;1-2-3-4-12-8(6-10)7(11)5-9;1-2-3-4-8-9(5,6)7;/h2-12H2,1H3,(H,17,20)(H,21,22)(H,23,24)(H,25,26);5-7H,2-4H2,1H3,(H,13,14)(H,15,16);7H,2-6H2,1H3,(H,11,12)(H,13,14)(H,15,16);7-15H,2-6H2,1H3;8H,2-7H2,1H3,(H,11,12)(H,13,14);7-11H,2-6H2,1H3;2-4H2,1H3,(H,5,6,7);/q;;;;;;;+2/p-10. The third-order valence-electron chi connectivity index (χ3n) is 13.8. The van der Waals surface area contributed by atoms with E-state index in [1.165, 1.54) is 17.0 Å². The van der Waals surface area contributed by atoms with Crippen molar-refractivity contribution in [2.75, 3.05) is 145 Å². The first kappa shape index (κ1) is 122. The number of nitrogens with zero attached hydrogens (tertiary/aromatic N) is 2. The summed E-state index contributed by atoms with van der Waals surface area (Å²) in [5, 5.41) is 171. The van der Waals surface area contributed by atoms with Crippen molar-refractivity contribution < 1.29 is 190 Å². The van der Waals surface area contributed by atoms with Gasteiger partial charge in [-0.15, -0.1) is 0 Å². The number of hydrogen-bond acceptors (Lipinski definition) is 41. The molecule has 668 valence electrons. The van der Waals surface area contributed by atoms with E-state index in [0.717, 1.165) is 94.4 Å². The van der Waals surface area contributed by atoms with Crippen LogP contribution in [0.2, 0.25) is 0 Å². The Labute approximate surface area is 700 Å². The van der Waals surface area contributed by atoms with E-state index in [4.69, 9.17) is 58.7 Å². The Hall–Kier alpha value is -6.32. The molecule has 0 aromatic heterocycles. The number of carboxylic acid groups (broad SMARTS) is 9. The Bertz CT molecular complexity index is 2770. The van der Waals surface area contributed by atoms with E-state index in [-0.39, 0.29) is 120 Å². The second kappa shape index (κ2) is 81.4. The molecular formula is C70H118CaN4O39S-8. The minimum absolute atomic E-state index is 0. The van der Waals surface area contributed by atoms with Gasteiger partial charge in [0.15, 0.2) is 0 Å². The maximum Gasteiger partial charge on any atom is 2.00 e. The summed E-state index contributed by atoms with van der Waals surface area (Å²) in [4.78, 5) is 120. The molecule has 115 heavy (non-hydrogen) atoms. The summed E-state index contributed by atoms with van der Waals surface area (Å²) >= 11 is 0. The van der Waals surface area contributed by atoms with Crippen LogP contribution in [0.3, 0.4) is 0 Å². The topological polar surface area (TPSA) is 719 Å². The largest absolute Gasteiger partial charge is 2.00 e. The van der Waals surface area contributed by atoms with Gasteiger partial charge in [-0.2, -0.15) is 0 Å². The van der Waals surface area contributed by atoms with Crippen molar-refractivity contribution >= 4 is 114 Å². The normalized spacial score (nSPS) is 12.7. The first-order valence-corrected chi connectivity index (χ1v) is 38.0. The molecule has 0 aliphatic rings. The van der Waals surface area contributed by atoms with Gasteiger partial charge >= 0.3 is 37.7 Å². The SMILES string of the molecule is CCCCOC(C(O)CO)C(O)C(O)CO.CCCCOC(CO)C(O)CO.CCCCOCC(=O)NC(CC(=O)[O-])C(=O)[O-].CCCCOCCNC(=O)CN(CCN(CC(=O)[O-])CC(=O)[O-])CC(=O)[O-].CCCCOCCOC(CC(=O)[O-])C(=O)[O-].CCCCOS(=O)(=O)[O-].CCCCOc1cc(C(=O)[O-])cc(C(=O)[O-])c1.[Ca+2]. The van der Waals surface area contributed by atoms with Crippen LogP contribution in [0.1, 0.15) is 172 Å². The minimum Gasteiger partial charge on any atom is -0.726 e. The van der Waals surface area contributed by atoms with Gasteiger partial charge < -0.3 is 178 Å².